The second kappa shape index (κ2) is 6.00. The first-order chi connectivity index (χ1) is 8.54. The fraction of sp³-hybridized carbons (Fsp3) is 0.636. The second-order valence-corrected chi connectivity index (χ2v) is 4.19. The quantitative estimate of drug-likeness (QED) is 0.594. The molecule has 1 N–H and O–H groups in total. The van der Waals surface area contributed by atoms with E-state index in [2.05, 4.69) is 20.5 Å². The van der Waals surface area contributed by atoms with E-state index in [1.54, 1.807) is 6.07 Å². The van der Waals surface area contributed by atoms with E-state index in [0.29, 0.717) is 12.3 Å². The van der Waals surface area contributed by atoms with E-state index in [1.165, 1.54) is 7.11 Å². The van der Waals surface area contributed by atoms with Gasteiger partial charge in [-0.15, -0.1) is 0 Å². The maximum Gasteiger partial charge on any atom is 0.289 e. The van der Waals surface area contributed by atoms with Gasteiger partial charge >= 0.3 is 0 Å². The molecule has 7 nitrogen and oxygen atoms in total. The van der Waals surface area contributed by atoms with E-state index in [1.807, 2.05) is 13.8 Å². The van der Waals surface area contributed by atoms with Crippen LogP contribution < -0.4 is 5.32 Å². The van der Waals surface area contributed by atoms with Crippen molar-refractivity contribution in [2.24, 2.45) is 10.3 Å². The van der Waals surface area contributed by atoms with Gasteiger partial charge in [0.2, 0.25) is 5.71 Å². The Morgan fingerprint density at radius 2 is 2.50 bits per heavy atom. The number of hydrogen-bond acceptors (Lipinski definition) is 6. The lowest BCUT2D eigenvalue weighted by Crippen LogP contribution is -2.37. The SMILES string of the molecule is CCCC1(C)CC(NC(=O)/C(C#N)=N/OC)=NO1. The number of carbonyl (C=O) groups excluding carboxylic acids is 1. The Bertz CT molecular complexity index is 424. The minimum Gasteiger partial charge on any atom is -0.398 e. The normalized spacial score (nSPS) is 22.8. The molecule has 0 aromatic heterocycles. The van der Waals surface area contributed by atoms with Crippen LogP contribution in [0.3, 0.4) is 0 Å². The predicted octanol–water partition coefficient (Wildman–Crippen LogP) is 0.921. The predicted molar refractivity (Wildman–Crippen MR) is 64.6 cm³/mol. The van der Waals surface area contributed by atoms with Crippen LogP contribution in [-0.2, 0) is 14.5 Å². The number of oxime groups is 2. The molecule has 1 rings (SSSR count). The van der Waals surface area contributed by atoms with Crippen molar-refractivity contribution in [3.63, 3.8) is 0 Å². The van der Waals surface area contributed by atoms with Crippen molar-refractivity contribution in [3.05, 3.63) is 0 Å². The van der Waals surface area contributed by atoms with Gasteiger partial charge in [0, 0.05) is 0 Å². The number of nitrogens with zero attached hydrogens (tertiary/aromatic N) is 3. The summed E-state index contributed by atoms with van der Waals surface area (Å²) in [6.45, 7) is 3.97. The molecule has 1 aliphatic rings. The highest BCUT2D eigenvalue weighted by molar-refractivity contribution is 6.47. The van der Waals surface area contributed by atoms with Gasteiger partial charge in [-0.05, 0) is 13.3 Å². The summed E-state index contributed by atoms with van der Waals surface area (Å²) >= 11 is 0. The Kier molecular flexibility index (Phi) is 4.66. The van der Waals surface area contributed by atoms with Gasteiger partial charge in [0.25, 0.3) is 5.91 Å². The van der Waals surface area contributed by atoms with Gasteiger partial charge in [-0.25, -0.2) is 0 Å². The van der Waals surface area contributed by atoms with Gasteiger partial charge in [0.1, 0.15) is 18.8 Å². The van der Waals surface area contributed by atoms with Crippen molar-refractivity contribution in [1.82, 2.24) is 5.32 Å². The van der Waals surface area contributed by atoms with Gasteiger partial charge in [0.05, 0.1) is 6.42 Å². The van der Waals surface area contributed by atoms with Gasteiger partial charge in [-0.1, -0.05) is 23.7 Å². The lowest BCUT2D eigenvalue weighted by molar-refractivity contribution is -0.113. The number of amidine groups is 1. The zero-order valence-corrected chi connectivity index (χ0v) is 10.7. The van der Waals surface area contributed by atoms with Crippen molar-refractivity contribution in [2.75, 3.05) is 7.11 Å². The molecule has 1 amide bonds. The number of rotatable bonds is 4. The molecule has 1 atom stereocenters. The van der Waals surface area contributed by atoms with Crippen LogP contribution in [-0.4, -0.2) is 30.2 Å². The van der Waals surface area contributed by atoms with Crippen LogP contribution in [0, 0.1) is 11.3 Å². The molecule has 7 heteroatoms. The molecule has 1 aliphatic heterocycles. The van der Waals surface area contributed by atoms with Gasteiger partial charge in [0.15, 0.2) is 5.84 Å². The molecule has 0 fully saturated rings. The minimum atomic E-state index is -0.651. The summed E-state index contributed by atoms with van der Waals surface area (Å²) < 4.78 is 0. The van der Waals surface area contributed by atoms with E-state index in [0.717, 1.165) is 12.8 Å². The Balaban J connectivity index is 2.59. The zero-order valence-electron chi connectivity index (χ0n) is 10.7. The van der Waals surface area contributed by atoms with Crippen molar-refractivity contribution in [3.8, 4) is 6.07 Å². The Hall–Kier alpha value is -2.10. The summed E-state index contributed by atoms with van der Waals surface area (Å²) in [6, 6.07) is 1.64. The molecule has 0 aromatic carbocycles. The summed E-state index contributed by atoms with van der Waals surface area (Å²) in [4.78, 5) is 21.3. The number of amides is 1. The molecule has 1 unspecified atom stereocenters. The van der Waals surface area contributed by atoms with Crippen LogP contribution in [0.25, 0.3) is 0 Å². The lowest BCUT2D eigenvalue weighted by atomic mass is 9.96. The molecule has 0 saturated carbocycles. The average Bonchev–Trinajstić information content (AvgIpc) is 2.67. The van der Waals surface area contributed by atoms with Crippen LogP contribution in [0.5, 0.6) is 0 Å². The fourth-order valence-electron chi connectivity index (χ4n) is 1.71. The molecule has 0 radical (unpaired) electrons. The summed E-state index contributed by atoms with van der Waals surface area (Å²) in [5, 5.41) is 18.3. The third-order valence-electron chi connectivity index (χ3n) is 2.46. The second-order valence-electron chi connectivity index (χ2n) is 4.19. The van der Waals surface area contributed by atoms with E-state index in [4.69, 9.17) is 10.1 Å². The summed E-state index contributed by atoms with van der Waals surface area (Å²) in [5.41, 5.74) is -0.743. The highest BCUT2D eigenvalue weighted by Gasteiger charge is 2.34. The first kappa shape index (κ1) is 14.0. The summed E-state index contributed by atoms with van der Waals surface area (Å²) in [7, 11) is 1.26. The molecule has 0 aromatic rings. The zero-order chi connectivity index (χ0) is 13.6. The van der Waals surface area contributed by atoms with Crippen molar-refractivity contribution in [1.29, 1.82) is 5.26 Å². The minimum absolute atomic E-state index is 0.357. The fourth-order valence-corrected chi connectivity index (χ4v) is 1.71. The first-order valence-electron chi connectivity index (χ1n) is 5.62. The van der Waals surface area contributed by atoms with E-state index in [9.17, 15) is 4.79 Å². The molecule has 18 heavy (non-hydrogen) atoms. The monoisotopic (exact) mass is 252 g/mol. The average molecular weight is 252 g/mol. The van der Waals surface area contributed by atoms with Crippen molar-refractivity contribution >= 4 is 17.5 Å². The number of nitriles is 1. The topological polar surface area (TPSA) is 96.1 Å². The number of nitrogens with one attached hydrogen (secondary N) is 1. The molecular weight excluding hydrogens is 236 g/mol. The number of hydrogen-bond donors (Lipinski definition) is 1. The van der Waals surface area contributed by atoms with Gasteiger partial charge in [-0.3, -0.25) is 4.79 Å². The molecule has 0 saturated heterocycles. The molecule has 1 heterocycles. The smallest absolute Gasteiger partial charge is 0.289 e. The number of carbonyl (C=O) groups is 1. The van der Waals surface area contributed by atoms with Crippen LogP contribution >= 0.6 is 0 Å². The van der Waals surface area contributed by atoms with Crippen molar-refractivity contribution < 1.29 is 14.5 Å². The third kappa shape index (κ3) is 3.45. The summed E-state index contributed by atoms with van der Waals surface area (Å²) in [5.74, 6) is -0.252. The largest absolute Gasteiger partial charge is 0.398 e. The van der Waals surface area contributed by atoms with Crippen LogP contribution in [0.1, 0.15) is 33.1 Å². The summed E-state index contributed by atoms with van der Waals surface area (Å²) in [6.07, 6.45) is 2.30. The third-order valence-corrected chi connectivity index (χ3v) is 2.46. The van der Waals surface area contributed by atoms with Crippen molar-refractivity contribution in [2.45, 2.75) is 38.7 Å². The highest BCUT2D eigenvalue weighted by Crippen LogP contribution is 2.27. The molecule has 0 aliphatic carbocycles. The van der Waals surface area contributed by atoms with E-state index in [-0.39, 0.29) is 11.3 Å². The maximum absolute atomic E-state index is 11.6. The van der Waals surface area contributed by atoms with Crippen LogP contribution in [0.2, 0.25) is 0 Å². The van der Waals surface area contributed by atoms with Crippen LogP contribution in [0.4, 0.5) is 0 Å². The van der Waals surface area contributed by atoms with E-state index >= 15 is 0 Å². The molecule has 0 spiro atoms. The van der Waals surface area contributed by atoms with E-state index < -0.39 is 5.91 Å². The van der Waals surface area contributed by atoms with Crippen LogP contribution in [0.15, 0.2) is 10.3 Å². The Morgan fingerprint density at radius 1 is 1.78 bits per heavy atom. The Labute approximate surface area is 105 Å². The maximum atomic E-state index is 11.6. The molecular formula is C11H16N4O3. The molecule has 0 bridgehead atoms. The molecule has 98 valence electrons. The van der Waals surface area contributed by atoms with Gasteiger partial charge < -0.3 is 15.0 Å². The first-order valence-corrected chi connectivity index (χ1v) is 5.62. The highest BCUT2D eigenvalue weighted by atomic mass is 16.7. The van der Waals surface area contributed by atoms with Gasteiger partial charge in [-0.2, -0.15) is 5.26 Å². The lowest BCUT2D eigenvalue weighted by Gasteiger charge is -2.19. The standard InChI is InChI=1S/C11H16N4O3/c1-4-5-11(2)6-9(15-18-11)13-10(16)8(7-12)14-17-3/h4-6H2,1-3H3,(H,13,15,16)/b14-8+. The Morgan fingerprint density at radius 3 is 3.06 bits per heavy atom.